The van der Waals surface area contributed by atoms with E-state index in [1.807, 2.05) is 36.1 Å². The molecule has 0 atom stereocenters. The maximum absolute atomic E-state index is 12.2. The quantitative estimate of drug-likeness (QED) is 0.480. The number of benzene rings is 2. The molecule has 6 heteroatoms. The summed E-state index contributed by atoms with van der Waals surface area (Å²) in [6, 6.07) is 9.32. The molecule has 0 bridgehead atoms. The summed E-state index contributed by atoms with van der Waals surface area (Å²) in [5.74, 6) is 0.583. The summed E-state index contributed by atoms with van der Waals surface area (Å²) < 4.78 is 11.6. The van der Waals surface area contributed by atoms with Gasteiger partial charge in [-0.25, -0.2) is 4.79 Å². The van der Waals surface area contributed by atoms with E-state index in [1.165, 1.54) is 0 Å². The van der Waals surface area contributed by atoms with Crippen LogP contribution in [0.5, 0.6) is 5.75 Å². The zero-order chi connectivity index (χ0) is 19.8. The fourth-order valence-electron chi connectivity index (χ4n) is 3.57. The Morgan fingerprint density at radius 3 is 2.71 bits per heavy atom. The van der Waals surface area contributed by atoms with E-state index in [9.17, 15) is 4.79 Å². The number of hydrogen-bond acceptors (Lipinski definition) is 4. The highest BCUT2D eigenvalue weighted by atomic mass is 35.5. The van der Waals surface area contributed by atoms with E-state index in [0.29, 0.717) is 34.7 Å². The Hall–Kier alpha value is -2.17. The van der Waals surface area contributed by atoms with Crippen LogP contribution in [0.1, 0.15) is 36.5 Å². The van der Waals surface area contributed by atoms with Crippen molar-refractivity contribution in [3.63, 3.8) is 0 Å². The summed E-state index contributed by atoms with van der Waals surface area (Å²) >= 11 is 12.8. The monoisotopic (exact) mass is 417 g/mol. The number of fused-ring (bicyclic) bond motifs is 3. The molecule has 0 amide bonds. The van der Waals surface area contributed by atoms with Crippen molar-refractivity contribution in [1.29, 1.82) is 0 Å². The summed E-state index contributed by atoms with van der Waals surface area (Å²) in [6.07, 6.45) is 2.86. The minimum absolute atomic E-state index is 0.345. The largest absolute Gasteiger partial charge is 0.471 e. The van der Waals surface area contributed by atoms with Gasteiger partial charge < -0.3 is 14.1 Å². The van der Waals surface area contributed by atoms with E-state index in [1.54, 1.807) is 6.07 Å². The molecule has 0 N–H and O–H groups in total. The molecule has 4 rings (SSSR count). The van der Waals surface area contributed by atoms with Crippen LogP contribution < -0.4 is 15.3 Å². The molecular weight excluding hydrogens is 397 g/mol. The van der Waals surface area contributed by atoms with Crippen molar-refractivity contribution in [3.05, 3.63) is 67.5 Å². The Balaban J connectivity index is 1.83. The van der Waals surface area contributed by atoms with Gasteiger partial charge in [-0.3, -0.25) is 0 Å². The van der Waals surface area contributed by atoms with Crippen LogP contribution >= 0.6 is 23.2 Å². The molecule has 0 saturated heterocycles. The molecule has 2 heterocycles. The third-order valence-corrected chi connectivity index (χ3v) is 5.84. The number of halogens is 2. The van der Waals surface area contributed by atoms with Gasteiger partial charge in [0.15, 0.2) is 6.73 Å². The highest BCUT2D eigenvalue weighted by Gasteiger charge is 2.25. The third-order valence-electron chi connectivity index (χ3n) is 5.16. The topological polar surface area (TPSA) is 42.7 Å². The Labute approximate surface area is 173 Å². The third kappa shape index (κ3) is 3.47. The number of unbranched alkanes of at least 4 members (excludes halogenated alkanes) is 1. The summed E-state index contributed by atoms with van der Waals surface area (Å²) in [6.45, 7) is 4.96. The molecule has 1 aliphatic rings. The summed E-state index contributed by atoms with van der Waals surface area (Å²) in [4.78, 5) is 14.2. The number of ether oxygens (including phenoxy) is 1. The average Bonchev–Trinajstić information content (AvgIpc) is 2.69. The van der Waals surface area contributed by atoms with Gasteiger partial charge in [0.2, 0.25) is 0 Å². The molecule has 2 aromatic carbocycles. The number of hydrogen-bond donors (Lipinski definition) is 0. The van der Waals surface area contributed by atoms with Crippen molar-refractivity contribution in [2.45, 2.75) is 39.7 Å². The van der Waals surface area contributed by atoms with Crippen LogP contribution in [-0.2, 0) is 13.0 Å². The van der Waals surface area contributed by atoms with Gasteiger partial charge in [0, 0.05) is 22.2 Å². The lowest BCUT2D eigenvalue weighted by Crippen LogP contribution is -2.32. The van der Waals surface area contributed by atoms with Crippen LogP contribution in [-0.4, -0.2) is 6.73 Å². The van der Waals surface area contributed by atoms with Crippen LogP contribution in [0.4, 0.5) is 5.69 Å². The highest BCUT2D eigenvalue weighted by molar-refractivity contribution is 6.33. The Morgan fingerprint density at radius 1 is 1.14 bits per heavy atom. The van der Waals surface area contributed by atoms with E-state index in [4.69, 9.17) is 32.4 Å². The Morgan fingerprint density at radius 2 is 1.96 bits per heavy atom. The molecule has 3 aromatic rings. The van der Waals surface area contributed by atoms with Crippen molar-refractivity contribution in [2.24, 2.45) is 0 Å². The fraction of sp³-hybridized carbons (Fsp3) is 0.318. The average molecular weight is 418 g/mol. The molecule has 0 saturated carbocycles. The molecule has 4 nitrogen and oxygen atoms in total. The summed E-state index contributed by atoms with van der Waals surface area (Å²) in [5.41, 5.74) is 3.93. The molecule has 0 radical (unpaired) electrons. The molecule has 1 aromatic heterocycles. The lowest BCUT2D eigenvalue weighted by atomic mass is 10.0. The normalized spacial score (nSPS) is 13.5. The molecule has 0 fully saturated rings. The molecular formula is C22H21Cl2NO3. The van der Waals surface area contributed by atoms with Gasteiger partial charge in [0.05, 0.1) is 17.1 Å². The van der Waals surface area contributed by atoms with Gasteiger partial charge in [0.1, 0.15) is 11.3 Å². The fourth-order valence-corrected chi connectivity index (χ4v) is 4.02. The van der Waals surface area contributed by atoms with Crippen LogP contribution in [0, 0.1) is 6.92 Å². The van der Waals surface area contributed by atoms with Crippen molar-refractivity contribution in [1.82, 2.24) is 0 Å². The standard InChI is InChI=1S/C22H21Cl2NO3/c1-3-4-5-14-8-20(26)28-21-16(14)10-19(24)22-17(21)11-25(12-27-22)15-7-6-13(2)18(23)9-15/h6-10H,3-5,11-12H2,1-2H3. The molecule has 28 heavy (non-hydrogen) atoms. The summed E-state index contributed by atoms with van der Waals surface area (Å²) in [5, 5.41) is 2.12. The number of nitrogens with zero attached hydrogens (tertiary/aromatic N) is 1. The van der Waals surface area contributed by atoms with Gasteiger partial charge in [-0.05, 0) is 49.1 Å². The minimum atomic E-state index is -0.348. The molecule has 146 valence electrons. The predicted molar refractivity (Wildman–Crippen MR) is 114 cm³/mol. The Kier molecular flexibility index (Phi) is 5.26. The number of rotatable bonds is 4. The lowest BCUT2D eigenvalue weighted by molar-refractivity contribution is 0.289. The van der Waals surface area contributed by atoms with E-state index in [0.717, 1.165) is 47.0 Å². The van der Waals surface area contributed by atoms with Crippen molar-refractivity contribution in [2.75, 3.05) is 11.6 Å². The van der Waals surface area contributed by atoms with Gasteiger partial charge in [-0.1, -0.05) is 42.6 Å². The second kappa shape index (κ2) is 7.69. The van der Waals surface area contributed by atoms with Gasteiger partial charge >= 0.3 is 5.63 Å². The predicted octanol–water partition coefficient (Wildman–Crippen LogP) is 6.11. The summed E-state index contributed by atoms with van der Waals surface area (Å²) in [7, 11) is 0. The van der Waals surface area contributed by atoms with Crippen LogP contribution in [0.15, 0.2) is 39.5 Å². The first-order valence-electron chi connectivity index (χ1n) is 9.40. The highest BCUT2D eigenvalue weighted by Crippen LogP contribution is 2.40. The second-order valence-corrected chi connectivity index (χ2v) is 7.96. The first-order chi connectivity index (χ1) is 13.5. The molecule has 0 unspecified atom stereocenters. The first kappa shape index (κ1) is 19.2. The number of anilines is 1. The van der Waals surface area contributed by atoms with E-state index in [-0.39, 0.29) is 5.63 Å². The second-order valence-electron chi connectivity index (χ2n) is 7.14. The Bertz CT molecular complexity index is 1110. The minimum Gasteiger partial charge on any atom is -0.471 e. The van der Waals surface area contributed by atoms with E-state index < -0.39 is 0 Å². The number of aryl methyl sites for hydroxylation is 2. The first-order valence-corrected chi connectivity index (χ1v) is 10.2. The zero-order valence-corrected chi connectivity index (χ0v) is 17.4. The maximum atomic E-state index is 12.2. The molecule has 0 spiro atoms. The van der Waals surface area contributed by atoms with Crippen LogP contribution in [0.2, 0.25) is 10.0 Å². The van der Waals surface area contributed by atoms with Crippen LogP contribution in [0.3, 0.4) is 0 Å². The van der Waals surface area contributed by atoms with Gasteiger partial charge in [0.25, 0.3) is 0 Å². The van der Waals surface area contributed by atoms with Gasteiger partial charge in [-0.2, -0.15) is 0 Å². The van der Waals surface area contributed by atoms with Crippen LogP contribution in [0.25, 0.3) is 11.0 Å². The van der Waals surface area contributed by atoms with Crippen molar-refractivity contribution < 1.29 is 9.15 Å². The molecule has 1 aliphatic heterocycles. The van der Waals surface area contributed by atoms with E-state index in [2.05, 4.69) is 6.92 Å². The zero-order valence-electron chi connectivity index (χ0n) is 15.9. The van der Waals surface area contributed by atoms with Crippen molar-refractivity contribution >= 4 is 39.9 Å². The van der Waals surface area contributed by atoms with Crippen molar-refractivity contribution in [3.8, 4) is 5.75 Å². The van der Waals surface area contributed by atoms with Gasteiger partial charge in [-0.15, -0.1) is 0 Å². The maximum Gasteiger partial charge on any atom is 0.336 e. The van der Waals surface area contributed by atoms with E-state index >= 15 is 0 Å². The SMILES string of the molecule is CCCCc1cc(=O)oc2c3c(c(Cl)cc12)OCN(c1ccc(C)c(Cl)c1)C3. The lowest BCUT2D eigenvalue weighted by Gasteiger charge is -2.32. The smallest absolute Gasteiger partial charge is 0.336 e. The molecule has 0 aliphatic carbocycles.